The van der Waals surface area contributed by atoms with Crippen LogP contribution in [0, 0.1) is 0 Å². The van der Waals surface area contributed by atoms with Crippen LogP contribution in [0.25, 0.3) is 0 Å². The number of ether oxygens (including phenoxy) is 2. The maximum absolute atomic E-state index is 12.1. The van der Waals surface area contributed by atoms with E-state index in [1.807, 2.05) is 35.2 Å². The second-order valence-electron chi connectivity index (χ2n) is 9.97. The summed E-state index contributed by atoms with van der Waals surface area (Å²) in [6.45, 7) is 3.20. The van der Waals surface area contributed by atoms with Gasteiger partial charge in [-0.25, -0.2) is 9.13 Å². The van der Waals surface area contributed by atoms with Gasteiger partial charge in [-0.2, -0.15) is 0 Å². The Morgan fingerprint density at radius 2 is 1.38 bits per heavy atom. The number of phosphoric ester groups is 1. The summed E-state index contributed by atoms with van der Waals surface area (Å²) in [4.78, 5) is 9.88. The lowest BCUT2D eigenvalue weighted by atomic mass is 10.0. The van der Waals surface area contributed by atoms with E-state index in [4.69, 9.17) is 18.5 Å². The minimum Gasteiger partial charge on any atom is -0.870 e. The smallest absolute Gasteiger partial charge is 0.472 e. The molecule has 9 heteroatoms. The molecule has 0 amide bonds. The van der Waals surface area contributed by atoms with Gasteiger partial charge in [0.05, 0.1) is 13.2 Å². The third-order valence-corrected chi connectivity index (χ3v) is 7.64. The molecule has 0 bridgehead atoms. The third kappa shape index (κ3) is 18.1. The Kier molecular flexibility index (Phi) is 20.3. The first-order valence-corrected chi connectivity index (χ1v) is 15.9. The van der Waals surface area contributed by atoms with Gasteiger partial charge in [0, 0.05) is 12.1 Å². The van der Waals surface area contributed by atoms with Crippen molar-refractivity contribution < 1.29 is 38.0 Å². The summed E-state index contributed by atoms with van der Waals surface area (Å²) in [5.74, 6) is 0. The van der Waals surface area contributed by atoms with Gasteiger partial charge >= 0.3 is 7.82 Å². The predicted molar refractivity (Wildman–Crippen MR) is 144 cm³/mol. The highest BCUT2D eigenvalue weighted by Gasteiger charge is 2.30. The number of nitrogens with zero attached hydrogens (tertiary/aromatic N) is 1. The monoisotopic (exact) mass is 545 g/mol. The van der Waals surface area contributed by atoms with E-state index in [0.29, 0.717) is 13.2 Å². The first-order valence-electron chi connectivity index (χ1n) is 14.4. The van der Waals surface area contributed by atoms with Crippen molar-refractivity contribution in [1.82, 2.24) is 0 Å². The Hall–Kier alpha value is -0.860. The van der Waals surface area contributed by atoms with Crippen LogP contribution >= 0.6 is 7.82 Å². The number of hydrogen-bond donors (Lipinski definition) is 1. The molecule has 1 aliphatic rings. The van der Waals surface area contributed by atoms with E-state index in [2.05, 4.69) is 6.92 Å². The van der Waals surface area contributed by atoms with Crippen LogP contribution in [0.1, 0.15) is 110 Å². The number of unbranched alkanes of at least 4 members (excludes halogenated alkanes) is 14. The Morgan fingerprint density at radius 1 is 0.838 bits per heavy atom. The average molecular weight is 546 g/mol. The van der Waals surface area contributed by atoms with Crippen molar-refractivity contribution in [3.63, 3.8) is 0 Å². The molecule has 216 valence electrons. The van der Waals surface area contributed by atoms with Gasteiger partial charge in [0.2, 0.25) is 0 Å². The van der Waals surface area contributed by atoms with E-state index in [0.717, 1.165) is 12.8 Å². The normalized spacial score (nSPS) is 19.0. The Labute approximate surface area is 225 Å². The molecule has 1 aliphatic heterocycles. The summed E-state index contributed by atoms with van der Waals surface area (Å²) in [6.07, 6.45) is 24.2. The maximum Gasteiger partial charge on any atom is 0.472 e. The molecule has 0 radical (unpaired) electrons. The second-order valence-corrected chi connectivity index (χ2v) is 11.4. The van der Waals surface area contributed by atoms with Gasteiger partial charge in [0.15, 0.2) is 25.2 Å². The fraction of sp³-hybridized carbons (Fsp3) is 0.821. The number of pyridine rings is 1. The number of aromatic nitrogens is 1. The van der Waals surface area contributed by atoms with Gasteiger partial charge in [-0.1, -0.05) is 103 Å². The van der Waals surface area contributed by atoms with Crippen molar-refractivity contribution in [1.29, 1.82) is 0 Å². The zero-order valence-corrected chi connectivity index (χ0v) is 23.9. The van der Waals surface area contributed by atoms with Crippen LogP contribution in [0.3, 0.4) is 0 Å². The number of rotatable bonds is 23. The minimum absolute atomic E-state index is 0. The molecular weight excluding hydrogens is 493 g/mol. The largest absolute Gasteiger partial charge is 0.870 e. The molecule has 1 saturated heterocycles. The highest BCUT2D eigenvalue weighted by atomic mass is 31.2. The molecule has 0 aliphatic carbocycles. The molecule has 1 fully saturated rings. The number of hydrogen-bond acceptors (Lipinski definition) is 6. The molecule has 1 aromatic heterocycles. The summed E-state index contributed by atoms with van der Waals surface area (Å²) >= 11 is 0. The third-order valence-electron chi connectivity index (χ3n) is 6.66. The van der Waals surface area contributed by atoms with Crippen LogP contribution in [0.15, 0.2) is 30.6 Å². The Bertz CT molecular complexity index is 694. The van der Waals surface area contributed by atoms with E-state index in [1.54, 1.807) is 0 Å². The molecule has 2 rings (SSSR count). The van der Waals surface area contributed by atoms with Crippen molar-refractivity contribution in [2.24, 2.45) is 0 Å². The van der Waals surface area contributed by atoms with Crippen LogP contribution in [0.4, 0.5) is 0 Å². The molecular formula is C28H52NO7P. The van der Waals surface area contributed by atoms with E-state index in [-0.39, 0.29) is 31.1 Å². The molecule has 37 heavy (non-hydrogen) atoms. The fourth-order valence-electron chi connectivity index (χ4n) is 4.49. The first-order chi connectivity index (χ1) is 17.6. The maximum atomic E-state index is 12.1. The quantitative estimate of drug-likeness (QED) is 0.0902. The molecule has 0 spiro atoms. The lowest BCUT2D eigenvalue weighted by Crippen LogP contribution is -2.34. The van der Waals surface area contributed by atoms with Crippen molar-refractivity contribution in [3.05, 3.63) is 30.6 Å². The molecule has 1 aromatic rings. The summed E-state index contributed by atoms with van der Waals surface area (Å²) in [6, 6.07) is 5.69. The molecule has 1 unspecified atom stereocenters. The van der Waals surface area contributed by atoms with Gasteiger partial charge < -0.3 is 19.8 Å². The Balaban J connectivity index is 0.00000684. The van der Waals surface area contributed by atoms with Crippen molar-refractivity contribution in [2.45, 2.75) is 129 Å². The fourth-order valence-corrected chi connectivity index (χ4v) is 5.23. The van der Waals surface area contributed by atoms with Crippen LogP contribution in [0.5, 0.6) is 0 Å². The highest BCUT2D eigenvalue weighted by molar-refractivity contribution is 7.47. The first kappa shape index (κ1) is 34.2. The van der Waals surface area contributed by atoms with Gasteiger partial charge in [-0.15, -0.1) is 0 Å². The zero-order valence-electron chi connectivity index (χ0n) is 23.0. The molecule has 2 N–H and O–H groups in total. The van der Waals surface area contributed by atoms with Crippen molar-refractivity contribution >= 4 is 7.82 Å². The van der Waals surface area contributed by atoms with Crippen LogP contribution in [-0.4, -0.2) is 42.6 Å². The van der Waals surface area contributed by atoms with Crippen LogP contribution < -0.4 is 4.57 Å². The lowest BCUT2D eigenvalue weighted by molar-refractivity contribution is -0.697. The van der Waals surface area contributed by atoms with Crippen molar-refractivity contribution in [2.75, 3.05) is 19.8 Å². The lowest BCUT2D eigenvalue weighted by Gasteiger charge is -2.14. The summed E-state index contributed by atoms with van der Waals surface area (Å²) < 4.78 is 35.6. The molecule has 0 saturated carbocycles. The number of phosphoric acid groups is 1. The summed E-state index contributed by atoms with van der Waals surface area (Å²) in [7, 11) is -4.10. The van der Waals surface area contributed by atoms with E-state index < -0.39 is 7.82 Å². The highest BCUT2D eigenvalue weighted by Crippen LogP contribution is 2.43. The van der Waals surface area contributed by atoms with Crippen molar-refractivity contribution in [3.8, 4) is 0 Å². The molecule has 0 aromatic carbocycles. The van der Waals surface area contributed by atoms with E-state index in [9.17, 15) is 9.46 Å². The standard InChI is InChI=1S/C28H50NO6P.H2O/c1-2-3-4-5-6-7-8-9-10-11-12-13-14-15-17-20-28-32-25-27(35-28)26-34-36(30,31)33-24-23-29-21-18-16-19-22-29;/h16,18-19,21-22,27-28H,2-15,17,20,23-26H2,1H3;1H2/t27-,28+;/m1./s1. The summed E-state index contributed by atoms with van der Waals surface area (Å²) in [5, 5.41) is 0. The van der Waals surface area contributed by atoms with Gasteiger partial charge in [-0.3, -0.25) is 9.05 Å². The average Bonchev–Trinajstić information content (AvgIpc) is 3.34. The topological polar surface area (TPSA) is 108 Å². The van der Waals surface area contributed by atoms with Gasteiger partial charge in [0.1, 0.15) is 12.7 Å². The van der Waals surface area contributed by atoms with E-state index in [1.165, 1.54) is 89.9 Å². The predicted octanol–water partition coefficient (Wildman–Crippen LogP) is 6.93. The molecule has 2 heterocycles. The minimum atomic E-state index is -4.10. The second kappa shape index (κ2) is 22.0. The SMILES string of the molecule is CCCCCCCCCCCCCCCCC[C@H]1OC[C@H](COP(=O)(O)OCC[n+]2ccccc2)O1.[OH-]. The van der Waals surface area contributed by atoms with Crippen LogP contribution in [0.2, 0.25) is 0 Å². The zero-order chi connectivity index (χ0) is 25.7. The molecule has 8 nitrogen and oxygen atoms in total. The summed E-state index contributed by atoms with van der Waals surface area (Å²) in [5.41, 5.74) is 0. The van der Waals surface area contributed by atoms with Gasteiger partial charge in [-0.05, 0) is 12.8 Å². The molecule has 3 atom stereocenters. The van der Waals surface area contributed by atoms with Gasteiger partial charge in [0.25, 0.3) is 0 Å². The Morgan fingerprint density at radius 3 is 1.95 bits per heavy atom. The van der Waals surface area contributed by atoms with E-state index >= 15 is 0 Å². The van der Waals surface area contributed by atoms with Crippen LogP contribution in [-0.2, 0) is 29.6 Å².